The van der Waals surface area contributed by atoms with E-state index in [2.05, 4.69) is 5.16 Å². The van der Waals surface area contributed by atoms with Gasteiger partial charge < -0.3 is 4.52 Å². The molecule has 0 aromatic heterocycles. The van der Waals surface area contributed by atoms with Gasteiger partial charge in [-0.2, -0.15) is 13.2 Å². The van der Waals surface area contributed by atoms with Crippen LogP contribution in [-0.4, -0.2) is 34.9 Å². The Kier molecular flexibility index (Phi) is 9.96. The average Bonchev–Trinajstić information content (AvgIpc) is 2.80. The maximum Gasteiger partial charge on any atom is 0.447 e. The summed E-state index contributed by atoms with van der Waals surface area (Å²) in [6, 6.07) is 13.5. The number of benzene rings is 2. The van der Waals surface area contributed by atoms with E-state index in [0.717, 1.165) is 28.6 Å². The van der Waals surface area contributed by atoms with E-state index in [1.54, 1.807) is 44.4 Å². The predicted molar refractivity (Wildman–Crippen MR) is 134 cm³/mol. The largest absolute Gasteiger partial charge is 0.448 e. The molecule has 6 nitrogen and oxygen atoms in total. The van der Waals surface area contributed by atoms with Gasteiger partial charge in [-0.3, -0.25) is 4.84 Å². The van der Waals surface area contributed by atoms with Crippen LogP contribution in [0.3, 0.4) is 0 Å². The number of nitrogens with zero attached hydrogens (tertiary/aromatic N) is 3. The zero-order valence-corrected chi connectivity index (χ0v) is 21.6. The summed E-state index contributed by atoms with van der Waals surface area (Å²) in [6.07, 6.45) is -6.26. The second kappa shape index (κ2) is 12.0. The van der Waals surface area contributed by atoms with Crippen molar-refractivity contribution in [2.24, 2.45) is 5.16 Å². The number of carbonyl (C=O) groups is 1. The molecule has 13 heteroatoms. The van der Waals surface area contributed by atoms with Crippen molar-refractivity contribution in [1.82, 2.24) is 4.31 Å². The van der Waals surface area contributed by atoms with Gasteiger partial charge in [0.05, 0.1) is 23.4 Å². The molecule has 1 atom stereocenters. The lowest BCUT2D eigenvalue weighted by Gasteiger charge is -2.36. The molecule has 0 spiro atoms. The summed E-state index contributed by atoms with van der Waals surface area (Å²) in [6.45, 7) is 3.46. The Hall–Kier alpha value is -1.88. The fraction of sp³-hybridized carbons (Fsp3) is 0.300. The summed E-state index contributed by atoms with van der Waals surface area (Å²) >= 11 is 7.96. The predicted octanol–water partition coefficient (Wildman–Crippen LogP) is 7.25. The number of hydrogen-bond acceptors (Lipinski definition) is 7. The maximum absolute atomic E-state index is 13.4. The lowest BCUT2D eigenvalue weighted by Crippen LogP contribution is -2.27. The molecule has 0 N–H and O–H groups in total. The van der Waals surface area contributed by atoms with Gasteiger partial charge in [-0.25, -0.2) is 13.2 Å². The van der Waals surface area contributed by atoms with E-state index < -0.39 is 24.2 Å². The molecule has 33 heavy (non-hydrogen) atoms. The van der Waals surface area contributed by atoms with Gasteiger partial charge in [-0.05, 0) is 55.3 Å². The first-order valence-corrected chi connectivity index (χ1v) is 14.3. The van der Waals surface area contributed by atoms with Crippen LogP contribution in [-0.2, 0) is 22.8 Å². The van der Waals surface area contributed by atoms with Crippen molar-refractivity contribution in [2.75, 3.05) is 23.5 Å². The fourth-order valence-corrected chi connectivity index (χ4v) is 6.37. The highest BCUT2D eigenvalue weighted by molar-refractivity contribution is 8.21. The van der Waals surface area contributed by atoms with Gasteiger partial charge in [0.2, 0.25) is 6.42 Å². The van der Waals surface area contributed by atoms with E-state index in [0.29, 0.717) is 17.0 Å². The van der Waals surface area contributed by atoms with E-state index in [-0.39, 0.29) is 5.69 Å². The van der Waals surface area contributed by atoms with Crippen molar-refractivity contribution in [3.63, 3.8) is 0 Å². The molecule has 0 fully saturated rings. The van der Waals surface area contributed by atoms with Crippen LogP contribution in [0.4, 0.5) is 23.7 Å². The summed E-state index contributed by atoms with van der Waals surface area (Å²) < 4.78 is 48.8. The molecule has 0 aliphatic rings. The van der Waals surface area contributed by atoms with Crippen molar-refractivity contribution in [1.29, 1.82) is 0 Å². The Labute approximate surface area is 204 Å². The van der Waals surface area contributed by atoms with E-state index >= 15 is 0 Å². The van der Waals surface area contributed by atoms with E-state index in [4.69, 9.17) is 21.2 Å². The third-order valence-corrected chi connectivity index (χ3v) is 10.4. The zero-order chi connectivity index (χ0) is 24.6. The Morgan fingerprint density at radius 2 is 1.85 bits per heavy atom. The number of rotatable bonds is 8. The third-order valence-electron chi connectivity index (χ3n) is 4.07. The molecular weight excluding hydrogens is 514 g/mol. The van der Waals surface area contributed by atoms with Crippen molar-refractivity contribution in [3.8, 4) is 5.75 Å². The smallest absolute Gasteiger partial charge is 0.447 e. The minimum Gasteiger partial charge on any atom is -0.448 e. The van der Waals surface area contributed by atoms with E-state index in [9.17, 15) is 18.0 Å². The zero-order valence-electron chi connectivity index (χ0n) is 18.3. The quantitative estimate of drug-likeness (QED) is 0.0878. The van der Waals surface area contributed by atoms with Crippen LogP contribution >= 0.6 is 30.3 Å². The molecule has 2 rings (SSSR count). The van der Waals surface area contributed by atoms with Crippen LogP contribution in [0.5, 0.6) is 5.75 Å². The summed E-state index contributed by atoms with van der Waals surface area (Å²) in [4.78, 5) is 17.3. The van der Waals surface area contributed by atoms with Crippen LogP contribution in [0.1, 0.15) is 19.4 Å². The highest BCUT2D eigenvalue weighted by Gasteiger charge is 2.35. The van der Waals surface area contributed by atoms with E-state index in [1.807, 2.05) is 6.07 Å². The first-order valence-electron chi connectivity index (χ1n) is 9.53. The van der Waals surface area contributed by atoms with Gasteiger partial charge in [0, 0.05) is 13.2 Å². The summed E-state index contributed by atoms with van der Waals surface area (Å²) in [5.74, 6) is 0.477. The minimum atomic E-state index is -4.55. The highest BCUT2D eigenvalue weighted by atomic mass is 32.5. The number of oxime groups is 1. The average molecular weight is 538 g/mol. The Bertz CT molecular complexity index is 1030. The number of alkyl halides is 3. The molecule has 2 aromatic rings. The molecule has 1 unspecified atom stereocenters. The van der Waals surface area contributed by atoms with Crippen LogP contribution < -0.4 is 8.60 Å². The van der Waals surface area contributed by atoms with Gasteiger partial charge in [0.25, 0.3) is 0 Å². The summed E-state index contributed by atoms with van der Waals surface area (Å²) in [7, 11) is 1.41. The molecule has 0 radical (unpaired) electrons. The van der Waals surface area contributed by atoms with Gasteiger partial charge in [0.15, 0.2) is 0 Å². The molecule has 0 aliphatic heterocycles. The maximum atomic E-state index is 13.4. The van der Waals surface area contributed by atoms with Gasteiger partial charge in [-0.1, -0.05) is 36.3 Å². The number of anilines is 1. The molecule has 0 heterocycles. The standard InChI is InChI=1S/C20H23F3N3O3PS3/c1-5-30(31,29-18-12-7-6-8-13-18)26(17-11-9-10-16(14-17)20(21,22)23)33-25(3)19(27)28-24-15(2)32-4/h6-14H,5H2,1-4H3. The van der Waals surface area contributed by atoms with Gasteiger partial charge in [-0.15, -0.1) is 11.8 Å². The number of para-hydroxylation sites is 1. The lowest BCUT2D eigenvalue weighted by molar-refractivity contribution is -0.137. The molecule has 0 saturated carbocycles. The SMILES string of the molecule is CCP(=S)(Oc1ccccc1)N(SN(C)C(=O)ON=C(C)SC)c1cccc(C(F)(F)F)c1. The van der Waals surface area contributed by atoms with Crippen molar-refractivity contribution in [3.05, 3.63) is 60.2 Å². The Balaban J connectivity index is 2.45. The number of halogens is 3. The number of thioether (sulfide) groups is 1. The number of hydrogen-bond donors (Lipinski definition) is 0. The second-order valence-electron chi connectivity index (χ2n) is 6.43. The van der Waals surface area contributed by atoms with E-state index in [1.165, 1.54) is 35.0 Å². The number of carbonyl (C=O) groups excluding carboxylic acids is 1. The molecule has 180 valence electrons. The van der Waals surface area contributed by atoms with Crippen LogP contribution in [0.15, 0.2) is 59.8 Å². The first kappa shape index (κ1) is 27.4. The van der Waals surface area contributed by atoms with Gasteiger partial charge in [0.1, 0.15) is 10.8 Å². The summed E-state index contributed by atoms with van der Waals surface area (Å²) in [5, 5.41) is 4.23. The van der Waals surface area contributed by atoms with Crippen LogP contribution in [0, 0.1) is 0 Å². The monoisotopic (exact) mass is 537 g/mol. The third kappa shape index (κ3) is 7.84. The lowest BCUT2D eigenvalue weighted by atomic mass is 10.2. The minimum absolute atomic E-state index is 0.152. The Morgan fingerprint density at radius 1 is 1.18 bits per heavy atom. The Morgan fingerprint density at radius 3 is 2.42 bits per heavy atom. The fourth-order valence-electron chi connectivity index (χ4n) is 2.30. The van der Waals surface area contributed by atoms with Crippen LogP contribution in [0.2, 0.25) is 0 Å². The van der Waals surface area contributed by atoms with Gasteiger partial charge >= 0.3 is 12.3 Å². The first-order chi connectivity index (χ1) is 15.5. The molecule has 0 bridgehead atoms. The second-order valence-corrected chi connectivity index (χ2v) is 13.0. The molecular formula is C20H23F3N3O3PS3. The molecule has 2 aromatic carbocycles. The van der Waals surface area contributed by atoms with Crippen LogP contribution in [0.25, 0.3) is 0 Å². The molecule has 0 saturated heterocycles. The van der Waals surface area contributed by atoms with Crippen molar-refractivity contribution >= 4 is 58.9 Å². The normalized spacial score (nSPS) is 13.7. The van der Waals surface area contributed by atoms with Crippen molar-refractivity contribution < 1.29 is 27.3 Å². The topological polar surface area (TPSA) is 54.4 Å². The summed E-state index contributed by atoms with van der Waals surface area (Å²) in [5.41, 5.74) is -0.687. The molecule has 0 aliphatic carbocycles. The molecule has 1 amide bonds. The highest BCUT2D eigenvalue weighted by Crippen LogP contribution is 2.57. The number of amides is 1. The van der Waals surface area contributed by atoms with Crippen molar-refractivity contribution in [2.45, 2.75) is 20.0 Å².